The third kappa shape index (κ3) is 4.59. The van der Waals surface area contributed by atoms with Gasteiger partial charge in [-0.05, 0) is 18.4 Å². The molecule has 0 aromatic heterocycles. The average Bonchev–Trinajstić information content (AvgIpc) is 2.27. The lowest BCUT2D eigenvalue weighted by Gasteiger charge is -2.08. The Balaban J connectivity index is 2.58. The minimum Gasteiger partial charge on any atom is -0.294 e. The Morgan fingerprint density at radius 3 is 2.47 bits per heavy atom. The first-order chi connectivity index (χ1) is 7.94. The quantitative estimate of drug-likeness (QED) is 0.710. The van der Waals surface area contributed by atoms with E-state index in [1.54, 1.807) is 12.1 Å². The SMILES string of the molecule is CCc1ccccc1C(=O)CCCC(F)(F)F. The lowest BCUT2D eigenvalue weighted by atomic mass is 9.98. The summed E-state index contributed by atoms with van der Waals surface area (Å²) in [5.41, 5.74) is 1.45. The van der Waals surface area contributed by atoms with Crippen molar-refractivity contribution in [2.45, 2.75) is 38.8 Å². The smallest absolute Gasteiger partial charge is 0.294 e. The maximum Gasteiger partial charge on any atom is 0.389 e. The Labute approximate surface area is 98.6 Å². The summed E-state index contributed by atoms with van der Waals surface area (Å²) in [7, 11) is 0. The van der Waals surface area contributed by atoms with E-state index in [-0.39, 0.29) is 18.6 Å². The predicted molar refractivity (Wildman–Crippen MR) is 60.1 cm³/mol. The van der Waals surface area contributed by atoms with Gasteiger partial charge in [-0.25, -0.2) is 0 Å². The highest BCUT2D eigenvalue weighted by Gasteiger charge is 2.26. The van der Waals surface area contributed by atoms with Crippen molar-refractivity contribution >= 4 is 5.78 Å². The van der Waals surface area contributed by atoms with E-state index in [2.05, 4.69) is 0 Å². The monoisotopic (exact) mass is 244 g/mol. The van der Waals surface area contributed by atoms with Crippen molar-refractivity contribution in [3.8, 4) is 0 Å². The number of rotatable bonds is 5. The van der Waals surface area contributed by atoms with E-state index in [0.717, 1.165) is 5.56 Å². The van der Waals surface area contributed by atoms with Crippen LogP contribution < -0.4 is 0 Å². The van der Waals surface area contributed by atoms with Gasteiger partial charge in [0.15, 0.2) is 5.78 Å². The standard InChI is InChI=1S/C13H15F3O/c1-2-10-6-3-4-7-11(10)12(17)8-5-9-13(14,15)16/h3-4,6-7H,2,5,8-9H2,1H3. The van der Waals surface area contributed by atoms with Gasteiger partial charge in [-0.3, -0.25) is 4.79 Å². The molecule has 0 aliphatic rings. The zero-order valence-corrected chi connectivity index (χ0v) is 9.68. The zero-order chi connectivity index (χ0) is 12.9. The number of hydrogen-bond donors (Lipinski definition) is 0. The van der Waals surface area contributed by atoms with E-state index in [9.17, 15) is 18.0 Å². The molecule has 1 aromatic rings. The minimum atomic E-state index is -4.18. The highest BCUT2D eigenvalue weighted by molar-refractivity contribution is 5.97. The second-order valence-electron chi connectivity index (χ2n) is 3.90. The fourth-order valence-electron chi connectivity index (χ4n) is 1.68. The zero-order valence-electron chi connectivity index (χ0n) is 9.68. The summed E-state index contributed by atoms with van der Waals surface area (Å²) in [6.45, 7) is 1.92. The van der Waals surface area contributed by atoms with Crippen LogP contribution in [0, 0.1) is 0 Å². The van der Waals surface area contributed by atoms with Gasteiger partial charge in [0.1, 0.15) is 0 Å². The maximum atomic E-state index is 11.9. The Kier molecular flexibility index (Phi) is 4.73. The fourth-order valence-corrected chi connectivity index (χ4v) is 1.68. The number of alkyl halides is 3. The van der Waals surface area contributed by atoms with Crippen LogP contribution >= 0.6 is 0 Å². The summed E-state index contributed by atoms with van der Waals surface area (Å²) >= 11 is 0. The van der Waals surface area contributed by atoms with E-state index >= 15 is 0 Å². The van der Waals surface area contributed by atoms with Crippen LogP contribution in [0.3, 0.4) is 0 Å². The van der Waals surface area contributed by atoms with Gasteiger partial charge < -0.3 is 0 Å². The van der Waals surface area contributed by atoms with E-state index in [4.69, 9.17) is 0 Å². The molecular weight excluding hydrogens is 229 g/mol. The summed E-state index contributed by atoms with van der Waals surface area (Å²) in [5, 5.41) is 0. The molecule has 0 saturated carbocycles. The first-order valence-corrected chi connectivity index (χ1v) is 5.62. The summed E-state index contributed by atoms with van der Waals surface area (Å²) in [4.78, 5) is 11.7. The third-order valence-electron chi connectivity index (χ3n) is 2.56. The first kappa shape index (κ1) is 13.7. The molecule has 0 saturated heterocycles. The van der Waals surface area contributed by atoms with Crippen LogP contribution in [0.2, 0.25) is 0 Å². The number of ketones is 1. The van der Waals surface area contributed by atoms with Crippen LogP contribution in [0.15, 0.2) is 24.3 Å². The summed E-state index contributed by atoms with van der Waals surface area (Å²) in [5.74, 6) is -0.202. The molecule has 0 bridgehead atoms. The Morgan fingerprint density at radius 2 is 1.88 bits per heavy atom. The van der Waals surface area contributed by atoms with Crippen LogP contribution in [0.4, 0.5) is 13.2 Å². The number of Topliss-reactive ketones (excluding diaryl/α,β-unsaturated/α-hetero) is 1. The van der Waals surface area contributed by atoms with E-state index in [1.807, 2.05) is 19.1 Å². The molecule has 1 nitrogen and oxygen atoms in total. The molecular formula is C13H15F3O. The minimum absolute atomic E-state index is 0.0451. The second-order valence-corrected chi connectivity index (χ2v) is 3.90. The average molecular weight is 244 g/mol. The molecule has 0 N–H and O–H groups in total. The Morgan fingerprint density at radius 1 is 1.24 bits per heavy atom. The molecule has 0 heterocycles. The van der Waals surface area contributed by atoms with Crippen LogP contribution in [-0.4, -0.2) is 12.0 Å². The summed E-state index contributed by atoms with van der Waals surface area (Å²) in [6.07, 6.45) is -4.55. The summed E-state index contributed by atoms with van der Waals surface area (Å²) < 4.78 is 35.8. The normalized spacial score (nSPS) is 11.5. The molecule has 0 unspecified atom stereocenters. The van der Waals surface area contributed by atoms with Crippen molar-refractivity contribution in [3.63, 3.8) is 0 Å². The molecule has 0 radical (unpaired) electrons. The van der Waals surface area contributed by atoms with Crippen molar-refractivity contribution in [2.24, 2.45) is 0 Å². The maximum absolute atomic E-state index is 11.9. The fraction of sp³-hybridized carbons (Fsp3) is 0.462. The molecule has 0 spiro atoms. The molecule has 1 rings (SSSR count). The third-order valence-corrected chi connectivity index (χ3v) is 2.56. The molecule has 17 heavy (non-hydrogen) atoms. The van der Waals surface area contributed by atoms with E-state index in [1.165, 1.54) is 0 Å². The molecule has 1 aromatic carbocycles. The van der Waals surface area contributed by atoms with Crippen molar-refractivity contribution in [1.29, 1.82) is 0 Å². The van der Waals surface area contributed by atoms with Gasteiger partial charge in [-0.1, -0.05) is 31.2 Å². The molecule has 0 atom stereocenters. The molecule has 4 heteroatoms. The highest BCUT2D eigenvalue weighted by Crippen LogP contribution is 2.23. The second kappa shape index (κ2) is 5.84. The van der Waals surface area contributed by atoms with Crippen molar-refractivity contribution in [2.75, 3.05) is 0 Å². The van der Waals surface area contributed by atoms with Crippen LogP contribution in [-0.2, 0) is 6.42 Å². The summed E-state index contributed by atoms with van der Waals surface area (Å²) in [6, 6.07) is 7.06. The first-order valence-electron chi connectivity index (χ1n) is 5.62. The Hall–Kier alpha value is -1.32. The molecule has 0 fully saturated rings. The van der Waals surface area contributed by atoms with Gasteiger partial charge in [0.05, 0.1) is 0 Å². The van der Waals surface area contributed by atoms with Gasteiger partial charge >= 0.3 is 6.18 Å². The number of halogens is 3. The number of benzene rings is 1. The number of carbonyl (C=O) groups is 1. The lowest BCUT2D eigenvalue weighted by Crippen LogP contribution is -2.09. The van der Waals surface area contributed by atoms with Crippen LogP contribution in [0.5, 0.6) is 0 Å². The van der Waals surface area contributed by atoms with Gasteiger partial charge in [-0.2, -0.15) is 13.2 Å². The van der Waals surface area contributed by atoms with Gasteiger partial charge in [0.2, 0.25) is 0 Å². The number of aryl methyl sites for hydroxylation is 1. The van der Waals surface area contributed by atoms with Crippen molar-refractivity contribution in [1.82, 2.24) is 0 Å². The Bertz CT molecular complexity index is 382. The topological polar surface area (TPSA) is 17.1 Å². The van der Waals surface area contributed by atoms with Crippen LogP contribution in [0.25, 0.3) is 0 Å². The lowest BCUT2D eigenvalue weighted by molar-refractivity contribution is -0.135. The highest BCUT2D eigenvalue weighted by atomic mass is 19.4. The van der Waals surface area contributed by atoms with Gasteiger partial charge in [-0.15, -0.1) is 0 Å². The van der Waals surface area contributed by atoms with Gasteiger partial charge in [0, 0.05) is 18.4 Å². The number of hydrogen-bond acceptors (Lipinski definition) is 1. The van der Waals surface area contributed by atoms with E-state index < -0.39 is 12.6 Å². The molecule has 0 aliphatic carbocycles. The number of carbonyl (C=O) groups excluding carboxylic acids is 1. The van der Waals surface area contributed by atoms with Crippen molar-refractivity contribution in [3.05, 3.63) is 35.4 Å². The molecule has 94 valence electrons. The largest absolute Gasteiger partial charge is 0.389 e. The van der Waals surface area contributed by atoms with E-state index in [0.29, 0.717) is 12.0 Å². The van der Waals surface area contributed by atoms with Crippen LogP contribution in [0.1, 0.15) is 42.1 Å². The molecule has 0 amide bonds. The van der Waals surface area contributed by atoms with Gasteiger partial charge in [0.25, 0.3) is 0 Å². The molecule has 0 aliphatic heterocycles. The predicted octanol–water partition coefficient (Wildman–Crippen LogP) is 4.16. The van der Waals surface area contributed by atoms with Crippen molar-refractivity contribution < 1.29 is 18.0 Å².